The van der Waals surface area contributed by atoms with E-state index in [0.717, 1.165) is 0 Å². The Morgan fingerprint density at radius 1 is 1.26 bits per heavy atom. The average Bonchev–Trinajstić information content (AvgIpc) is 2.94. The van der Waals surface area contributed by atoms with Gasteiger partial charge >= 0.3 is 5.91 Å². The molecule has 2 N–H and O–H groups in total. The number of aromatic nitrogens is 1. The van der Waals surface area contributed by atoms with Crippen LogP contribution in [0.4, 0.5) is 11.4 Å². The van der Waals surface area contributed by atoms with E-state index in [0.29, 0.717) is 10.5 Å². The Labute approximate surface area is 161 Å². The van der Waals surface area contributed by atoms with Crippen LogP contribution in [-0.2, 0) is 4.79 Å². The fourth-order valence-corrected chi connectivity index (χ4v) is 2.56. The number of fused-ring (bicyclic) bond motifs is 1. The van der Waals surface area contributed by atoms with Gasteiger partial charge in [-0.15, -0.1) is 10.2 Å². The summed E-state index contributed by atoms with van der Waals surface area (Å²) in [4.78, 5) is 24.8. The van der Waals surface area contributed by atoms with Crippen molar-refractivity contribution in [3.8, 4) is 11.6 Å². The largest absolute Gasteiger partial charge is 0.493 e. The molecule has 27 heavy (non-hydrogen) atoms. The molecule has 0 aliphatic heterocycles. The Morgan fingerprint density at radius 2 is 2.04 bits per heavy atom. The van der Waals surface area contributed by atoms with E-state index in [9.17, 15) is 20.0 Å². The molecule has 0 bridgehead atoms. The minimum atomic E-state index is -0.759. The number of carbonyl (C=O) groups excluding carboxylic acids is 1. The number of nitro benzene ring substituents is 1. The molecule has 11 heteroatoms. The van der Waals surface area contributed by atoms with Crippen molar-refractivity contribution < 1.29 is 19.6 Å². The zero-order chi connectivity index (χ0) is 19.6. The Hall–Kier alpha value is -3.17. The highest BCUT2D eigenvalue weighted by Gasteiger charge is 2.15. The van der Waals surface area contributed by atoms with Crippen molar-refractivity contribution in [3.05, 3.63) is 56.6 Å². The van der Waals surface area contributed by atoms with E-state index in [1.807, 2.05) is 0 Å². The average molecular weight is 409 g/mol. The number of aromatic amines is 1. The van der Waals surface area contributed by atoms with Gasteiger partial charge in [-0.1, -0.05) is 23.2 Å². The Morgan fingerprint density at radius 3 is 2.78 bits per heavy atom. The van der Waals surface area contributed by atoms with Crippen molar-refractivity contribution in [2.45, 2.75) is 0 Å². The summed E-state index contributed by atoms with van der Waals surface area (Å²) in [5.41, 5.74) is 0.118. The molecule has 3 rings (SSSR count). The number of aromatic hydroxyl groups is 1. The molecule has 3 aromatic rings. The van der Waals surface area contributed by atoms with Crippen LogP contribution in [0, 0.1) is 10.1 Å². The van der Waals surface area contributed by atoms with Gasteiger partial charge in [-0.2, -0.15) is 0 Å². The fraction of sp³-hybridized carbons (Fsp3) is 0.0625. The van der Waals surface area contributed by atoms with Crippen LogP contribution in [0.25, 0.3) is 10.9 Å². The number of carbonyl (C=O) groups is 1. The van der Waals surface area contributed by atoms with Crippen LogP contribution in [0.1, 0.15) is 0 Å². The van der Waals surface area contributed by atoms with Crippen molar-refractivity contribution in [2.24, 2.45) is 10.2 Å². The third-order valence-corrected chi connectivity index (χ3v) is 4.00. The van der Waals surface area contributed by atoms with Gasteiger partial charge in [-0.25, -0.2) is 0 Å². The molecule has 1 amide bonds. The van der Waals surface area contributed by atoms with E-state index in [2.05, 4.69) is 15.2 Å². The number of H-pyrrole nitrogens is 1. The maximum Gasteiger partial charge on any atom is 0.302 e. The van der Waals surface area contributed by atoms with E-state index < -0.39 is 17.4 Å². The van der Waals surface area contributed by atoms with Crippen LogP contribution >= 0.6 is 23.2 Å². The van der Waals surface area contributed by atoms with Gasteiger partial charge in [0.2, 0.25) is 5.88 Å². The minimum absolute atomic E-state index is 0.0946. The topological polar surface area (TPSA) is 130 Å². The highest BCUT2D eigenvalue weighted by molar-refractivity contribution is 6.34. The molecule has 0 radical (unpaired) electrons. The van der Waals surface area contributed by atoms with Gasteiger partial charge in [0.15, 0.2) is 12.3 Å². The molecule has 138 valence electrons. The minimum Gasteiger partial charge on any atom is -0.493 e. The molecule has 0 spiro atoms. The third kappa shape index (κ3) is 4.15. The van der Waals surface area contributed by atoms with E-state index in [1.165, 1.54) is 30.3 Å². The van der Waals surface area contributed by atoms with Crippen LogP contribution < -0.4 is 4.74 Å². The molecule has 0 fully saturated rings. The molecule has 0 saturated carbocycles. The molecule has 9 nitrogen and oxygen atoms in total. The second-order valence-corrected chi connectivity index (χ2v) is 6.11. The smallest absolute Gasteiger partial charge is 0.302 e. The first-order valence-electron chi connectivity index (χ1n) is 7.36. The number of benzene rings is 2. The zero-order valence-electron chi connectivity index (χ0n) is 13.3. The fourth-order valence-electron chi connectivity index (χ4n) is 2.23. The quantitative estimate of drug-likeness (QED) is 0.356. The summed E-state index contributed by atoms with van der Waals surface area (Å²) in [7, 11) is 0. The lowest BCUT2D eigenvalue weighted by molar-refractivity contribution is -0.384. The van der Waals surface area contributed by atoms with Crippen molar-refractivity contribution in [2.75, 3.05) is 6.61 Å². The van der Waals surface area contributed by atoms with Gasteiger partial charge in [0, 0.05) is 28.6 Å². The number of nitrogens with one attached hydrogen (secondary N) is 1. The molecule has 2 aromatic carbocycles. The molecule has 1 heterocycles. The molecule has 0 unspecified atom stereocenters. The SMILES string of the molecule is O=C(COc1cc(Cl)ccc1Cl)N=Nc1c(O)[nH]c2ccc([N+](=O)[O-])cc12. The molecule has 0 aliphatic carbocycles. The molecule has 0 saturated heterocycles. The number of azo groups is 1. The van der Waals surface area contributed by atoms with Gasteiger partial charge in [0.05, 0.1) is 15.5 Å². The third-order valence-electron chi connectivity index (χ3n) is 3.45. The van der Waals surface area contributed by atoms with Crippen molar-refractivity contribution in [1.29, 1.82) is 0 Å². The van der Waals surface area contributed by atoms with E-state index in [4.69, 9.17) is 27.9 Å². The number of nitro groups is 1. The monoisotopic (exact) mass is 408 g/mol. The zero-order valence-corrected chi connectivity index (χ0v) is 14.9. The first kappa shape index (κ1) is 18.6. The maximum atomic E-state index is 11.9. The van der Waals surface area contributed by atoms with Crippen LogP contribution in [0.5, 0.6) is 11.6 Å². The van der Waals surface area contributed by atoms with E-state index >= 15 is 0 Å². The van der Waals surface area contributed by atoms with Crippen LogP contribution in [0.15, 0.2) is 46.6 Å². The van der Waals surface area contributed by atoms with Gasteiger partial charge in [0.25, 0.3) is 5.69 Å². The van der Waals surface area contributed by atoms with Crippen LogP contribution in [0.3, 0.4) is 0 Å². The van der Waals surface area contributed by atoms with Crippen molar-refractivity contribution in [3.63, 3.8) is 0 Å². The standard InChI is InChI=1S/C16H10Cl2N4O5/c17-8-1-3-11(18)13(5-8)27-7-14(23)20-21-15-10-6-9(22(25)26)2-4-12(10)19-16(15)24/h1-6,19,24H,7H2. The molecular formula is C16H10Cl2N4O5. The molecule has 0 atom stereocenters. The number of nitrogens with zero attached hydrogens (tertiary/aromatic N) is 3. The lowest BCUT2D eigenvalue weighted by Gasteiger charge is -2.05. The summed E-state index contributed by atoms with van der Waals surface area (Å²) >= 11 is 11.7. The number of rotatable bonds is 5. The molecular weight excluding hydrogens is 399 g/mol. The Kier molecular flexibility index (Phi) is 5.24. The predicted molar refractivity (Wildman–Crippen MR) is 98.1 cm³/mol. The lowest BCUT2D eigenvalue weighted by atomic mass is 10.2. The Bertz CT molecular complexity index is 1080. The number of hydrogen-bond acceptors (Lipinski definition) is 6. The summed E-state index contributed by atoms with van der Waals surface area (Å²) in [5.74, 6) is -0.927. The lowest BCUT2D eigenvalue weighted by Crippen LogP contribution is -2.08. The summed E-state index contributed by atoms with van der Waals surface area (Å²) in [6.45, 7) is -0.465. The summed E-state index contributed by atoms with van der Waals surface area (Å²) in [6.07, 6.45) is 0. The maximum absolute atomic E-state index is 11.9. The number of non-ortho nitro benzene ring substituents is 1. The highest BCUT2D eigenvalue weighted by Crippen LogP contribution is 2.37. The molecule has 0 aliphatic rings. The van der Waals surface area contributed by atoms with Gasteiger partial charge in [-0.3, -0.25) is 14.9 Å². The van der Waals surface area contributed by atoms with E-state index in [-0.39, 0.29) is 33.4 Å². The van der Waals surface area contributed by atoms with Gasteiger partial charge in [0.1, 0.15) is 5.75 Å². The number of halogens is 2. The number of hydrogen-bond donors (Lipinski definition) is 2. The Balaban J connectivity index is 1.78. The van der Waals surface area contributed by atoms with Crippen LogP contribution in [0.2, 0.25) is 10.0 Å². The number of amides is 1. The second kappa shape index (κ2) is 7.60. The van der Waals surface area contributed by atoms with Gasteiger partial charge < -0.3 is 14.8 Å². The number of ether oxygens (including phenoxy) is 1. The van der Waals surface area contributed by atoms with Crippen molar-refractivity contribution in [1.82, 2.24) is 4.98 Å². The second-order valence-electron chi connectivity index (χ2n) is 5.27. The summed E-state index contributed by atoms with van der Waals surface area (Å²) in [5, 5.41) is 28.8. The first-order valence-corrected chi connectivity index (χ1v) is 8.12. The van der Waals surface area contributed by atoms with Gasteiger partial charge in [-0.05, 0) is 18.2 Å². The summed E-state index contributed by atoms with van der Waals surface area (Å²) < 4.78 is 5.24. The van der Waals surface area contributed by atoms with Crippen LogP contribution in [-0.4, -0.2) is 27.5 Å². The summed E-state index contributed by atoms with van der Waals surface area (Å²) in [6, 6.07) is 8.43. The van der Waals surface area contributed by atoms with E-state index in [1.54, 1.807) is 6.07 Å². The predicted octanol–water partition coefficient (Wildman–Crippen LogP) is 4.78. The molecule has 1 aromatic heterocycles. The first-order chi connectivity index (χ1) is 12.8. The van der Waals surface area contributed by atoms with Crippen molar-refractivity contribution >= 4 is 51.4 Å². The normalized spacial score (nSPS) is 11.2. The highest BCUT2D eigenvalue weighted by atomic mass is 35.5.